The van der Waals surface area contributed by atoms with Gasteiger partial charge in [0.15, 0.2) is 11.5 Å². The summed E-state index contributed by atoms with van der Waals surface area (Å²) in [5.41, 5.74) is 6.78. The van der Waals surface area contributed by atoms with Gasteiger partial charge in [0.2, 0.25) is 0 Å². The minimum absolute atomic E-state index is 0.166. The summed E-state index contributed by atoms with van der Waals surface area (Å²) in [4.78, 5) is 0. The first-order valence-corrected chi connectivity index (χ1v) is 6.42. The number of hydrogen-bond donors (Lipinski definition) is 1. The molecule has 2 fully saturated rings. The van der Waals surface area contributed by atoms with E-state index in [1.807, 2.05) is 0 Å². The summed E-state index contributed by atoms with van der Waals surface area (Å²) in [7, 11) is 1.54. The second-order valence-corrected chi connectivity index (χ2v) is 5.45. The van der Waals surface area contributed by atoms with Gasteiger partial charge in [-0.25, -0.2) is 4.39 Å². The van der Waals surface area contributed by atoms with Gasteiger partial charge in [-0.1, -0.05) is 0 Å². The molecule has 0 heterocycles. The Morgan fingerprint density at radius 1 is 1.39 bits per heavy atom. The van der Waals surface area contributed by atoms with Crippen LogP contribution in [0.1, 0.15) is 31.2 Å². The van der Waals surface area contributed by atoms with Crippen molar-refractivity contribution in [1.82, 2.24) is 0 Å². The van der Waals surface area contributed by atoms with Gasteiger partial charge in [-0.05, 0) is 38.2 Å². The highest BCUT2D eigenvalue weighted by Crippen LogP contribution is 2.42. The second kappa shape index (κ2) is 4.12. The van der Waals surface area contributed by atoms with E-state index in [2.05, 4.69) is 0 Å². The molecule has 0 atom stereocenters. The monoisotopic (exact) mass is 251 g/mol. The zero-order valence-corrected chi connectivity index (χ0v) is 10.5. The van der Waals surface area contributed by atoms with Crippen LogP contribution in [-0.4, -0.2) is 18.8 Å². The lowest BCUT2D eigenvalue weighted by Gasteiger charge is -2.17. The first-order valence-electron chi connectivity index (χ1n) is 6.42. The minimum Gasteiger partial charge on any atom is -0.493 e. The van der Waals surface area contributed by atoms with E-state index in [0.29, 0.717) is 17.9 Å². The fraction of sp³-hybridized carbons (Fsp3) is 0.571. The zero-order chi connectivity index (χ0) is 12.8. The molecule has 2 saturated carbocycles. The van der Waals surface area contributed by atoms with E-state index in [0.717, 1.165) is 31.2 Å². The van der Waals surface area contributed by atoms with E-state index in [1.54, 1.807) is 0 Å². The van der Waals surface area contributed by atoms with Gasteiger partial charge in [0.05, 0.1) is 13.2 Å². The zero-order valence-electron chi connectivity index (χ0n) is 10.5. The molecule has 1 aromatic carbocycles. The normalized spacial score (nSPS) is 20.6. The third-order valence-corrected chi connectivity index (χ3v) is 3.56. The minimum atomic E-state index is -0.297. The van der Waals surface area contributed by atoms with Crippen LogP contribution in [0.5, 0.6) is 11.5 Å². The molecule has 0 aromatic heterocycles. The van der Waals surface area contributed by atoms with Crippen molar-refractivity contribution in [3.63, 3.8) is 0 Å². The molecule has 2 aliphatic carbocycles. The number of benzene rings is 1. The number of methoxy groups -OCH3 is 1. The molecule has 0 bridgehead atoms. The molecule has 98 valence electrons. The highest BCUT2D eigenvalue weighted by atomic mass is 19.1. The van der Waals surface area contributed by atoms with Gasteiger partial charge in [0.1, 0.15) is 5.82 Å². The number of rotatable bonds is 5. The maximum Gasteiger partial charge on any atom is 0.165 e. The Labute approximate surface area is 106 Å². The van der Waals surface area contributed by atoms with Gasteiger partial charge in [-0.3, -0.25) is 0 Å². The topological polar surface area (TPSA) is 44.5 Å². The Kier molecular flexibility index (Phi) is 2.70. The van der Waals surface area contributed by atoms with Crippen molar-refractivity contribution >= 4 is 0 Å². The van der Waals surface area contributed by atoms with Gasteiger partial charge in [-0.15, -0.1) is 0 Å². The lowest BCUT2D eigenvalue weighted by Crippen LogP contribution is -2.25. The van der Waals surface area contributed by atoms with E-state index in [4.69, 9.17) is 15.2 Å². The van der Waals surface area contributed by atoms with Gasteiger partial charge in [-0.2, -0.15) is 0 Å². The van der Waals surface area contributed by atoms with E-state index in [9.17, 15) is 4.39 Å². The number of halogens is 1. The van der Waals surface area contributed by atoms with Crippen LogP contribution in [0.15, 0.2) is 12.1 Å². The number of nitrogens with two attached hydrogens (primary N) is 1. The molecule has 18 heavy (non-hydrogen) atoms. The average molecular weight is 251 g/mol. The molecule has 0 unspecified atom stereocenters. The van der Waals surface area contributed by atoms with Crippen LogP contribution >= 0.6 is 0 Å². The van der Waals surface area contributed by atoms with Crippen molar-refractivity contribution in [2.24, 2.45) is 5.73 Å². The van der Waals surface area contributed by atoms with Crippen molar-refractivity contribution in [3.8, 4) is 11.5 Å². The Morgan fingerprint density at radius 3 is 2.67 bits per heavy atom. The predicted octanol–water partition coefficient (Wildman–Crippen LogP) is 2.41. The van der Waals surface area contributed by atoms with Crippen molar-refractivity contribution in [2.45, 2.75) is 43.7 Å². The first-order chi connectivity index (χ1) is 8.59. The van der Waals surface area contributed by atoms with E-state index in [-0.39, 0.29) is 17.5 Å². The summed E-state index contributed by atoms with van der Waals surface area (Å²) in [5.74, 6) is 0.855. The summed E-state index contributed by atoms with van der Waals surface area (Å²) in [6.45, 7) is 0. The van der Waals surface area contributed by atoms with Crippen molar-refractivity contribution in [1.29, 1.82) is 0 Å². The Balaban J connectivity index is 1.93. The lowest BCUT2D eigenvalue weighted by molar-refractivity contribution is 0.277. The quantitative estimate of drug-likeness (QED) is 0.874. The standard InChI is InChI=1S/C14H18FNO2/c1-17-12-7-10(15)6-9(8-14(16)4-5-14)13(12)18-11-2-3-11/h6-7,11H,2-5,8,16H2,1H3. The summed E-state index contributed by atoms with van der Waals surface area (Å²) < 4.78 is 24.7. The van der Waals surface area contributed by atoms with Crippen LogP contribution < -0.4 is 15.2 Å². The molecule has 3 nitrogen and oxygen atoms in total. The van der Waals surface area contributed by atoms with E-state index >= 15 is 0 Å². The van der Waals surface area contributed by atoms with Gasteiger partial charge < -0.3 is 15.2 Å². The van der Waals surface area contributed by atoms with Crippen LogP contribution in [0.3, 0.4) is 0 Å². The largest absolute Gasteiger partial charge is 0.493 e. The SMILES string of the molecule is COc1cc(F)cc(CC2(N)CC2)c1OC1CC1. The van der Waals surface area contributed by atoms with Crippen LogP contribution in [0.2, 0.25) is 0 Å². The van der Waals surface area contributed by atoms with E-state index < -0.39 is 0 Å². The number of ether oxygens (including phenoxy) is 2. The van der Waals surface area contributed by atoms with Crippen molar-refractivity contribution in [3.05, 3.63) is 23.5 Å². The molecule has 2 N–H and O–H groups in total. The van der Waals surface area contributed by atoms with Crippen molar-refractivity contribution in [2.75, 3.05) is 7.11 Å². The fourth-order valence-corrected chi connectivity index (χ4v) is 2.11. The smallest absolute Gasteiger partial charge is 0.165 e. The van der Waals surface area contributed by atoms with Crippen LogP contribution in [0.4, 0.5) is 4.39 Å². The second-order valence-electron chi connectivity index (χ2n) is 5.45. The summed E-state index contributed by atoms with van der Waals surface area (Å²) >= 11 is 0. The molecule has 3 rings (SSSR count). The molecule has 0 spiro atoms. The Bertz CT molecular complexity index is 467. The molecule has 0 radical (unpaired) electrons. The first kappa shape index (κ1) is 11.8. The van der Waals surface area contributed by atoms with Gasteiger partial charge >= 0.3 is 0 Å². The molecule has 0 amide bonds. The molecule has 0 saturated heterocycles. The maximum absolute atomic E-state index is 13.6. The van der Waals surface area contributed by atoms with Gasteiger partial charge in [0.25, 0.3) is 0 Å². The fourth-order valence-electron chi connectivity index (χ4n) is 2.11. The molecule has 0 aliphatic heterocycles. The highest BCUT2D eigenvalue weighted by Gasteiger charge is 2.39. The summed E-state index contributed by atoms with van der Waals surface area (Å²) in [5, 5.41) is 0. The third-order valence-electron chi connectivity index (χ3n) is 3.56. The van der Waals surface area contributed by atoms with Crippen LogP contribution in [-0.2, 0) is 6.42 Å². The summed E-state index contributed by atoms with van der Waals surface area (Å²) in [6, 6.07) is 2.89. The van der Waals surface area contributed by atoms with Crippen molar-refractivity contribution < 1.29 is 13.9 Å². The maximum atomic E-state index is 13.6. The molecule has 4 heteroatoms. The van der Waals surface area contributed by atoms with E-state index in [1.165, 1.54) is 19.2 Å². The number of hydrogen-bond acceptors (Lipinski definition) is 3. The Morgan fingerprint density at radius 2 is 2.11 bits per heavy atom. The van der Waals surface area contributed by atoms with Crippen LogP contribution in [0.25, 0.3) is 0 Å². The Hall–Kier alpha value is -1.29. The molecule has 2 aliphatic rings. The molecular formula is C14H18FNO2. The van der Waals surface area contributed by atoms with Gasteiger partial charge in [0, 0.05) is 17.2 Å². The van der Waals surface area contributed by atoms with Crippen LogP contribution in [0, 0.1) is 5.82 Å². The predicted molar refractivity (Wildman–Crippen MR) is 66.5 cm³/mol. The lowest BCUT2D eigenvalue weighted by atomic mass is 10.0. The highest BCUT2D eigenvalue weighted by molar-refractivity contribution is 5.48. The molecule has 1 aromatic rings. The third kappa shape index (κ3) is 2.43. The molecular weight excluding hydrogens is 233 g/mol. The average Bonchev–Trinajstić information content (AvgIpc) is 3.21. The summed E-state index contributed by atoms with van der Waals surface area (Å²) in [6.07, 6.45) is 5.03.